The maximum absolute atomic E-state index is 12.2. The molecule has 0 saturated heterocycles. The Morgan fingerprint density at radius 1 is 1.43 bits per heavy atom. The van der Waals surface area contributed by atoms with Crippen LogP contribution in [-0.4, -0.2) is 29.0 Å². The number of thiazole rings is 1. The number of hydrogen-bond acceptors (Lipinski definition) is 6. The highest BCUT2D eigenvalue weighted by molar-refractivity contribution is 7.13. The number of anilines is 1. The molecule has 23 heavy (non-hydrogen) atoms. The first kappa shape index (κ1) is 16.9. The van der Waals surface area contributed by atoms with Crippen LogP contribution in [0.25, 0.3) is 0 Å². The van der Waals surface area contributed by atoms with Crippen LogP contribution in [0.3, 0.4) is 0 Å². The lowest BCUT2D eigenvalue weighted by molar-refractivity contribution is 0.0958. The lowest BCUT2D eigenvalue weighted by Crippen LogP contribution is -2.28. The molecular weight excluding hydrogens is 310 g/mol. The average Bonchev–Trinajstić information content (AvgIpc) is 2.92. The number of carbonyl (C=O) groups is 1. The molecule has 0 fully saturated rings. The van der Waals surface area contributed by atoms with E-state index >= 15 is 0 Å². The predicted octanol–water partition coefficient (Wildman–Crippen LogP) is 2.51. The largest absolute Gasteiger partial charge is 0.367 e. The van der Waals surface area contributed by atoms with Crippen LogP contribution in [-0.2, 0) is 6.42 Å². The second-order valence-electron chi connectivity index (χ2n) is 4.97. The molecule has 0 saturated carbocycles. The molecule has 0 aromatic carbocycles. The van der Waals surface area contributed by atoms with Crippen molar-refractivity contribution in [3.63, 3.8) is 0 Å². The highest BCUT2D eigenvalue weighted by atomic mass is 32.1. The van der Waals surface area contributed by atoms with E-state index in [0.717, 1.165) is 23.5 Å². The van der Waals surface area contributed by atoms with Gasteiger partial charge in [0.1, 0.15) is 16.8 Å². The van der Waals surface area contributed by atoms with E-state index in [1.54, 1.807) is 18.3 Å². The average molecular weight is 329 g/mol. The number of aryl methyl sites for hydroxylation is 2. The molecule has 0 spiro atoms. The van der Waals surface area contributed by atoms with E-state index in [1.165, 1.54) is 11.3 Å². The normalized spacial score (nSPS) is 10.1. The Bertz CT molecular complexity index is 720. The van der Waals surface area contributed by atoms with Gasteiger partial charge in [-0.2, -0.15) is 5.26 Å². The monoisotopic (exact) mass is 329 g/mol. The molecule has 2 heterocycles. The topological polar surface area (TPSA) is 90.7 Å². The van der Waals surface area contributed by atoms with Crippen molar-refractivity contribution in [3.8, 4) is 6.07 Å². The molecule has 6 nitrogen and oxygen atoms in total. The third-order valence-corrected chi connectivity index (χ3v) is 4.36. The second-order valence-corrected chi connectivity index (χ2v) is 6.05. The maximum atomic E-state index is 12.2. The van der Waals surface area contributed by atoms with Crippen molar-refractivity contribution in [1.29, 1.82) is 5.26 Å². The van der Waals surface area contributed by atoms with E-state index in [4.69, 9.17) is 5.26 Å². The molecule has 0 unspecified atom stereocenters. The summed E-state index contributed by atoms with van der Waals surface area (Å²) >= 11 is 1.45. The zero-order valence-electron chi connectivity index (χ0n) is 13.2. The number of nitrogens with one attached hydrogen (secondary N) is 2. The summed E-state index contributed by atoms with van der Waals surface area (Å²) in [6.45, 7) is 4.89. The standard InChI is InChI=1S/C16H19N5OS/c1-3-5-13-21-11(2)14(23-13)16(22)20-9-8-19-15-12(10-17)6-4-7-18-15/h4,6-7H,3,5,8-9H2,1-2H3,(H,18,19)(H,20,22). The third kappa shape index (κ3) is 4.50. The van der Waals surface area contributed by atoms with Crippen LogP contribution in [0.2, 0.25) is 0 Å². The molecule has 7 heteroatoms. The Labute approximate surface area is 139 Å². The Kier molecular flexibility index (Phi) is 6.06. The van der Waals surface area contributed by atoms with Gasteiger partial charge in [-0.25, -0.2) is 9.97 Å². The first-order valence-corrected chi connectivity index (χ1v) is 8.30. The van der Waals surface area contributed by atoms with Crippen LogP contribution >= 0.6 is 11.3 Å². The SMILES string of the molecule is CCCc1nc(C)c(C(=O)NCCNc2ncccc2C#N)s1. The van der Waals surface area contributed by atoms with E-state index in [1.807, 2.05) is 6.92 Å². The van der Waals surface area contributed by atoms with Crippen molar-refractivity contribution >= 4 is 23.1 Å². The molecule has 2 rings (SSSR count). The van der Waals surface area contributed by atoms with E-state index in [-0.39, 0.29) is 5.91 Å². The van der Waals surface area contributed by atoms with Gasteiger partial charge >= 0.3 is 0 Å². The van der Waals surface area contributed by atoms with Crippen LogP contribution in [0, 0.1) is 18.3 Å². The van der Waals surface area contributed by atoms with Crippen LogP contribution in [0.5, 0.6) is 0 Å². The van der Waals surface area contributed by atoms with Crippen LogP contribution in [0.15, 0.2) is 18.3 Å². The van der Waals surface area contributed by atoms with Gasteiger partial charge in [0, 0.05) is 19.3 Å². The summed E-state index contributed by atoms with van der Waals surface area (Å²) in [5.74, 6) is 0.425. The molecule has 0 aliphatic rings. The molecule has 2 aromatic rings. The van der Waals surface area contributed by atoms with Gasteiger partial charge in [-0.05, 0) is 31.9 Å². The van der Waals surface area contributed by atoms with Gasteiger partial charge in [-0.15, -0.1) is 11.3 Å². The van der Waals surface area contributed by atoms with E-state index < -0.39 is 0 Å². The molecule has 2 aromatic heterocycles. The minimum Gasteiger partial charge on any atom is -0.367 e. The van der Waals surface area contributed by atoms with Gasteiger partial charge < -0.3 is 10.6 Å². The Hall–Kier alpha value is -2.46. The number of rotatable bonds is 7. The summed E-state index contributed by atoms with van der Waals surface area (Å²) < 4.78 is 0. The number of hydrogen-bond donors (Lipinski definition) is 2. The quantitative estimate of drug-likeness (QED) is 0.762. The molecule has 0 radical (unpaired) electrons. The van der Waals surface area contributed by atoms with Crippen LogP contribution in [0.4, 0.5) is 5.82 Å². The number of nitriles is 1. The van der Waals surface area contributed by atoms with Crippen LogP contribution in [0.1, 0.15) is 39.3 Å². The Balaban J connectivity index is 1.84. The van der Waals surface area contributed by atoms with E-state index in [0.29, 0.717) is 29.3 Å². The number of nitrogens with zero attached hydrogens (tertiary/aromatic N) is 3. The predicted molar refractivity (Wildman–Crippen MR) is 90.6 cm³/mol. The highest BCUT2D eigenvalue weighted by Crippen LogP contribution is 2.19. The lowest BCUT2D eigenvalue weighted by atomic mass is 10.3. The zero-order chi connectivity index (χ0) is 16.7. The van der Waals surface area contributed by atoms with Crippen molar-refractivity contribution in [2.45, 2.75) is 26.7 Å². The van der Waals surface area contributed by atoms with Crippen LogP contribution < -0.4 is 10.6 Å². The molecule has 0 atom stereocenters. The Morgan fingerprint density at radius 3 is 3.00 bits per heavy atom. The fraction of sp³-hybridized carbons (Fsp3) is 0.375. The number of pyridine rings is 1. The lowest BCUT2D eigenvalue weighted by Gasteiger charge is -2.07. The second kappa shape index (κ2) is 8.25. The molecule has 1 amide bonds. The van der Waals surface area contributed by atoms with Gasteiger partial charge in [-0.1, -0.05) is 6.92 Å². The first-order chi connectivity index (χ1) is 11.2. The van der Waals surface area contributed by atoms with E-state index in [2.05, 4.69) is 33.6 Å². The molecule has 0 bridgehead atoms. The van der Waals surface area contributed by atoms with Crippen molar-refractivity contribution in [3.05, 3.63) is 39.5 Å². The zero-order valence-corrected chi connectivity index (χ0v) is 14.0. The summed E-state index contributed by atoms with van der Waals surface area (Å²) in [6, 6.07) is 5.49. The smallest absolute Gasteiger partial charge is 0.263 e. The van der Waals surface area contributed by atoms with Crippen molar-refractivity contribution < 1.29 is 4.79 Å². The Morgan fingerprint density at radius 2 is 2.26 bits per heavy atom. The fourth-order valence-corrected chi connectivity index (χ4v) is 3.14. The summed E-state index contributed by atoms with van der Waals surface area (Å²) in [5.41, 5.74) is 1.27. The van der Waals surface area contributed by atoms with Gasteiger partial charge in [-0.3, -0.25) is 4.79 Å². The molecule has 0 aliphatic heterocycles. The summed E-state index contributed by atoms with van der Waals surface area (Å²) in [6.07, 6.45) is 3.54. The molecule has 120 valence electrons. The van der Waals surface area contributed by atoms with Crippen molar-refractivity contribution in [2.24, 2.45) is 0 Å². The van der Waals surface area contributed by atoms with Crippen molar-refractivity contribution in [1.82, 2.24) is 15.3 Å². The van der Waals surface area contributed by atoms with Gasteiger partial charge in [0.2, 0.25) is 0 Å². The summed E-state index contributed by atoms with van der Waals surface area (Å²) in [7, 11) is 0. The third-order valence-electron chi connectivity index (χ3n) is 3.14. The minimum absolute atomic E-state index is 0.106. The summed E-state index contributed by atoms with van der Waals surface area (Å²) in [4.78, 5) is 21.4. The van der Waals surface area contributed by atoms with Gasteiger partial charge in [0.05, 0.1) is 16.3 Å². The molecule has 0 aliphatic carbocycles. The fourth-order valence-electron chi connectivity index (χ4n) is 2.06. The van der Waals surface area contributed by atoms with Gasteiger partial charge in [0.15, 0.2) is 0 Å². The molecular formula is C16H19N5OS. The number of carbonyl (C=O) groups excluding carboxylic acids is 1. The number of amides is 1. The highest BCUT2D eigenvalue weighted by Gasteiger charge is 2.14. The first-order valence-electron chi connectivity index (χ1n) is 7.49. The van der Waals surface area contributed by atoms with E-state index in [9.17, 15) is 4.79 Å². The van der Waals surface area contributed by atoms with Crippen molar-refractivity contribution in [2.75, 3.05) is 18.4 Å². The van der Waals surface area contributed by atoms with Gasteiger partial charge in [0.25, 0.3) is 5.91 Å². The minimum atomic E-state index is -0.106. The number of aromatic nitrogens is 2. The maximum Gasteiger partial charge on any atom is 0.263 e. The summed E-state index contributed by atoms with van der Waals surface area (Å²) in [5, 5.41) is 15.9. The molecule has 2 N–H and O–H groups in total.